The molecule has 1 aromatic rings. The Labute approximate surface area is 119 Å². The third kappa shape index (κ3) is 7.82. The van der Waals surface area contributed by atoms with E-state index in [1.807, 2.05) is 5.38 Å². The molecule has 0 radical (unpaired) electrons. The van der Waals surface area contributed by atoms with Gasteiger partial charge in [0.05, 0.1) is 12.1 Å². The normalized spacial score (nSPS) is 10.6. The number of aryl methyl sites for hydroxylation is 1. The highest BCUT2D eigenvalue weighted by atomic mass is 32.1. The quantitative estimate of drug-likeness (QED) is 0.604. The number of hydrogen-bond acceptors (Lipinski definition) is 4. The van der Waals surface area contributed by atoms with Crippen LogP contribution in [0.2, 0.25) is 0 Å². The monoisotopic (exact) mass is 284 g/mol. The molecule has 19 heavy (non-hydrogen) atoms. The van der Waals surface area contributed by atoms with E-state index in [1.54, 1.807) is 11.3 Å². The lowest BCUT2D eigenvalue weighted by Crippen LogP contribution is -2.02. The van der Waals surface area contributed by atoms with Crippen LogP contribution in [0.25, 0.3) is 0 Å². The number of nitrogens with one attached hydrogen (secondary N) is 1. The van der Waals surface area contributed by atoms with Gasteiger partial charge in [-0.2, -0.15) is 0 Å². The molecule has 0 aliphatic heterocycles. The number of carboxylic acid groups (broad SMARTS) is 1. The van der Waals surface area contributed by atoms with Crippen molar-refractivity contribution in [3.05, 3.63) is 11.1 Å². The molecule has 0 unspecified atom stereocenters. The minimum atomic E-state index is -0.769. The van der Waals surface area contributed by atoms with Crippen molar-refractivity contribution in [3.63, 3.8) is 0 Å². The molecule has 0 fully saturated rings. The van der Waals surface area contributed by atoms with Gasteiger partial charge in [0, 0.05) is 18.3 Å². The Morgan fingerprint density at radius 1 is 1.32 bits per heavy atom. The first kappa shape index (κ1) is 16.0. The first-order chi connectivity index (χ1) is 9.22. The van der Waals surface area contributed by atoms with E-state index in [9.17, 15) is 4.79 Å². The molecule has 0 atom stereocenters. The second kappa shape index (κ2) is 9.78. The Morgan fingerprint density at radius 3 is 2.79 bits per heavy atom. The van der Waals surface area contributed by atoms with E-state index in [0.717, 1.165) is 17.4 Å². The number of unbranched alkanes of at least 4 members (excludes halogenated alkanes) is 5. The minimum absolute atomic E-state index is 0.153. The molecule has 0 aliphatic rings. The van der Waals surface area contributed by atoms with Gasteiger partial charge in [-0.25, -0.2) is 4.98 Å². The molecule has 0 spiro atoms. The average Bonchev–Trinajstić information content (AvgIpc) is 2.83. The molecular formula is C14H24N2O2S. The van der Waals surface area contributed by atoms with Gasteiger partial charge in [-0.1, -0.05) is 39.0 Å². The molecule has 4 nitrogen and oxygen atoms in total. The third-order valence-corrected chi connectivity index (χ3v) is 3.80. The number of nitrogens with zero attached hydrogens (tertiary/aromatic N) is 1. The van der Waals surface area contributed by atoms with Crippen LogP contribution in [0.1, 0.15) is 57.6 Å². The second-order valence-electron chi connectivity index (χ2n) is 4.73. The van der Waals surface area contributed by atoms with Crippen LogP contribution in [0.15, 0.2) is 5.38 Å². The van der Waals surface area contributed by atoms with Gasteiger partial charge >= 0.3 is 5.97 Å². The maximum atomic E-state index is 10.5. The van der Waals surface area contributed by atoms with Crippen LogP contribution in [0, 0.1) is 0 Å². The molecule has 1 heterocycles. The van der Waals surface area contributed by atoms with Gasteiger partial charge in [0.1, 0.15) is 0 Å². The van der Waals surface area contributed by atoms with Crippen molar-refractivity contribution in [3.8, 4) is 0 Å². The molecule has 108 valence electrons. The number of hydrogen-bond donors (Lipinski definition) is 2. The van der Waals surface area contributed by atoms with E-state index < -0.39 is 5.97 Å². The fraction of sp³-hybridized carbons (Fsp3) is 0.714. The van der Waals surface area contributed by atoms with E-state index in [-0.39, 0.29) is 6.42 Å². The first-order valence-electron chi connectivity index (χ1n) is 7.12. The van der Waals surface area contributed by atoms with E-state index in [1.165, 1.54) is 38.5 Å². The zero-order valence-corrected chi connectivity index (χ0v) is 12.5. The molecule has 1 aromatic heterocycles. The molecule has 0 saturated carbocycles. The zero-order chi connectivity index (χ0) is 13.9. The maximum Gasteiger partial charge on any atom is 0.303 e. The summed E-state index contributed by atoms with van der Waals surface area (Å²) in [5.74, 6) is -0.769. The van der Waals surface area contributed by atoms with Crippen molar-refractivity contribution in [2.45, 2.75) is 58.3 Å². The standard InChI is InChI=1S/C14H24N2O2S/c1-2-3-4-5-6-7-10-15-14-16-12(11-19-14)8-9-13(17)18/h11H,2-10H2,1H3,(H,15,16)(H,17,18). The second-order valence-corrected chi connectivity index (χ2v) is 5.59. The van der Waals surface area contributed by atoms with Crippen LogP contribution in [0.4, 0.5) is 5.13 Å². The molecule has 0 saturated heterocycles. The number of carbonyl (C=O) groups is 1. The van der Waals surface area contributed by atoms with Crippen molar-refractivity contribution in [2.75, 3.05) is 11.9 Å². The molecule has 0 bridgehead atoms. The number of aromatic nitrogens is 1. The highest BCUT2D eigenvalue weighted by molar-refractivity contribution is 7.13. The fourth-order valence-corrected chi connectivity index (χ4v) is 2.61. The Morgan fingerprint density at radius 2 is 2.05 bits per heavy atom. The van der Waals surface area contributed by atoms with Gasteiger partial charge in [0.25, 0.3) is 0 Å². The van der Waals surface area contributed by atoms with Crippen molar-refractivity contribution < 1.29 is 9.90 Å². The van der Waals surface area contributed by atoms with E-state index in [2.05, 4.69) is 17.2 Å². The lowest BCUT2D eigenvalue weighted by molar-refractivity contribution is -0.136. The highest BCUT2D eigenvalue weighted by Crippen LogP contribution is 2.16. The summed E-state index contributed by atoms with van der Waals surface area (Å²) in [6.07, 6.45) is 8.40. The van der Waals surface area contributed by atoms with Gasteiger partial charge in [-0.05, 0) is 6.42 Å². The predicted octanol–water partition coefficient (Wildman–Crippen LogP) is 3.93. The van der Waals surface area contributed by atoms with Crippen LogP contribution in [-0.2, 0) is 11.2 Å². The lowest BCUT2D eigenvalue weighted by Gasteiger charge is -2.02. The van der Waals surface area contributed by atoms with Crippen LogP contribution >= 0.6 is 11.3 Å². The van der Waals surface area contributed by atoms with Gasteiger partial charge in [0.2, 0.25) is 0 Å². The molecule has 2 N–H and O–H groups in total. The Bertz CT molecular complexity index is 366. The molecule has 5 heteroatoms. The summed E-state index contributed by atoms with van der Waals surface area (Å²) in [6.45, 7) is 3.18. The number of anilines is 1. The highest BCUT2D eigenvalue weighted by Gasteiger charge is 2.04. The number of thiazole rings is 1. The topological polar surface area (TPSA) is 62.2 Å². The Kier molecular flexibility index (Phi) is 8.21. The van der Waals surface area contributed by atoms with E-state index in [0.29, 0.717) is 6.42 Å². The van der Waals surface area contributed by atoms with E-state index in [4.69, 9.17) is 5.11 Å². The van der Waals surface area contributed by atoms with Crippen LogP contribution < -0.4 is 5.32 Å². The molecule has 0 aromatic carbocycles. The lowest BCUT2D eigenvalue weighted by atomic mass is 10.1. The van der Waals surface area contributed by atoms with Gasteiger partial charge in [0.15, 0.2) is 5.13 Å². The van der Waals surface area contributed by atoms with Gasteiger partial charge < -0.3 is 10.4 Å². The largest absolute Gasteiger partial charge is 0.481 e. The third-order valence-electron chi connectivity index (χ3n) is 2.95. The van der Waals surface area contributed by atoms with Crippen molar-refractivity contribution in [1.82, 2.24) is 4.98 Å². The minimum Gasteiger partial charge on any atom is -0.481 e. The summed E-state index contributed by atoms with van der Waals surface area (Å²) in [7, 11) is 0. The van der Waals surface area contributed by atoms with Crippen LogP contribution in [0.5, 0.6) is 0 Å². The average molecular weight is 284 g/mol. The molecule has 0 aliphatic carbocycles. The van der Waals surface area contributed by atoms with E-state index >= 15 is 0 Å². The smallest absolute Gasteiger partial charge is 0.303 e. The summed E-state index contributed by atoms with van der Waals surface area (Å²) in [4.78, 5) is 14.8. The van der Waals surface area contributed by atoms with Crippen molar-refractivity contribution in [1.29, 1.82) is 0 Å². The van der Waals surface area contributed by atoms with Crippen molar-refractivity contribution >= 4 is 22.4 Å². The summed E-state index contributed by atoms with van der Waals surface area (Å²) in [6, 6.07) is 0. The zero-order valence-electron chi connectivity index (χ0n) is 11.7. The molecule has 0 amide bonds. The molecule has 1 rings (SSSR count). The maximum absolute atomic E-state index is 10.5. The Hall–Kier alpha value is -1.10. The first-order valence-corrected chi connectivity index (χ1v) is 8.00. The van der Waals surface area contributed by atoms with Crippen LogP contribution in [0.3, 0.4) is 0 Å². The van der Waals surface area contributed by atoms with Gasteiger partial charge in [-0.3, -0.25) is 4.79 Å². The summed E-state index contributed by atoms with van der Waals surface area (Å²) >= 11 is 1.56. The summed E-state index contributed by atoms with van der Waals surface area (Å²) in [5.41, 5.74) is 0.873. The Balaban J connectivity index is 2.07. The number of aliphatic carboxylic acids is 1. The van der Waals surface area contributed by atoms with Crippen LogP contribution in [-0.4, -0.2) is 22.6 Å². The van der Waals surface area contributed by atoms with Gasteiger partial charge in [-0.15, -0.1) is 11.3 Å². The summed E-state index contributed by atoms with van der Waals surface area (Å²) in [5, 5.41) is 14.8. The number of rotatable bonds is 11. The fourth-order valence-electron chi connectivity index (χ4n) is 1.84. The summed E-state index contributed by atoms with van der Waals surface area (Å²) < 4.78 is 0. The predicted molar refractivity (Wildman–Crippen MR) is 79.9 cm³/mol. The number of carboxylic acids is 1. The van der Waals surface area contributed by atoms with Crippen molar-refractivity contribution in [2.24, 2.45) is 0 Å². The SMILES string of the molecule is CCCCCCCCNc1nc(CCC(=O)O)cs1. The molecular weight excluding hydrogens is 260 g/mol.